The van der Waals surface area contributed by atoms with Gasteiger partial charge in [0.15, 0.2) is 0 Å². The Morgan fingerprint density at radius 2 is 0.714 bits per heavy atom. The van der Waals surface area contributed by atoms with Crippen molar-refractivity contribution in [3.8, 4) is 0 Å². The third kappa shape index (κ3) is 3.98. The van der Waals surface area contributed by atoms with E-state index in [1.54, 1.807) is 0 Å². The van der Waals surface area contributed by atoms with E-state index in [9.17, 15) is 0 Å². The molecule has 0 N–H and O–H groups in total. The topological polar surface area (TPSA) is 34.1 Å². The van der Waals surface area contributed by atoms with Crippen LogP contribution in [0.1, 0.15) is 34.6 Å². The molecule has 86 valence electrons. The van der Waals surface area contributed by atoms with Crippen LogP contribution in [-0.2, 0) is 25.3 Å². The number of halogens is 1. The van der Waals surface area contributed by atoms with Crippen molar-refractivity contribution in [1.82, 2.24) is 0 Å². The van der Waals surface area contributed by atoms with Gasteiger partial charge in [-0.2, -0.15) is 0 Å². The molecule has 14 heavy (non-hydrogen) atoms. The van der Waals surface area contributed by atoms with Gasteiger partial charge in [0.2, 0.25) is 0 Å². The van der Waals surface area contributed by atoms with E-state index in [2.05, 4.69) is 34.6 Å². The van der Waals surface area contributed by atoms with Gasteiger partial charge in [-0.1, -0.05) is 34.6 Å². The van der Waals surface area contributed by atoms with Crippen LogP contribution in [0, 0.1) is 29.6 Å². The predicted octanol–water partition coefficient (Wildman–Crippen LogP) is 3.36. The molecule has 2 nitrogen and oxygen atoms in total. The predicted molar refractivity (Wildman–Crippen MR) is 54.4 cm³/mol. The molecule has 0 saturated heterocycles. The molecule has 0 radical (unpaired) electrons. The van der Waals surface area contributed by atoms with Crippen molar-refractivity contribution in [1.29, 1.82) is 0 Å². The fourth-order valence-electron chi connectivity index (χ4n) is 2.39. The second kappa shape index (κ2) is 7.82. The van der Waals surface area contributed by atoms with Crippen LogP contribution in [-0.4, -0.2) is 0 Å². The van der Waals surface area contributed by atoms with Crippen LogP contribution < -0.4 is 0 Å². The van der Waals surface area contributed by atoms with Gasteiger partial charge >= 0.3 is 25.3 Å². The molecular weight excluding hydrogens is 284 g/mol. The SMILES string of the molecule is CC1C(C)C(C)C(C)C1C.Cl.[O]=[Mo]=[O]. The molecule has 0 spiro atoms. The van der Waals surface area contributed by atoms with Gasteiger partial charge in [-0.15, -0.1) is 12.4 Å². The standard InChI is InChI=1S/C10H20.ClH.Mo.2O/c1-6-7(2)9(4)10(5)8(6)3;;;;/h6-10H,1-5H3;1H;;;. The average Bonchev–Trinajstić information content (AvgIpc) is 2.25. The first-order chi connectivity index (χ1) is 5.97. The Balaban J connectivity index is 0. The van der Waals surface area contributed by atoms with Crippen molar-refractivity contribution in [2.24, 2.45) is 29.6 Å². The third-order valence-electron chi connectivity index (χ3n) is 4.15. The summed E-state index contributed by atoms with van der Waals surface area (Å²) in [5, 5.41) is 0. The first-order valence-electron chi connectivity index (χ1n) is 4.89. The fourth-order valence-corrected chi connectivity index (χ4v) is 2.39. The number of hydrogen-bond acceptors (Lipinski definition) is 2. The van der Waals surface area contributed by atoms with Crippen LogP contribution in [0.5, 0.6) is 0 Å². The van der Waals surface area contributed by atoms with E-state index in [0.29, 0.717) is 0 Å². The minimum absolute atomic E-state index is 0. The van der Waals surface area contributed by atoms with Gasteiger partial charge in [0.05, 0.1) is 0 Å². The zero-order valence-corrected chi connectivity index (χ0v) is 12.3. The first kappa shape index (κ1) is 17.0. The summed E-state index contributed by atoms with van der Waals surface area (Å²) in [6.45, 7) is 12.0. The van der Waals surface area contributed by atoms with Crippen molar-refractivity contribution >= 4 is 12.4 Å². The summed E-state index contributed by atoms with van der Waals surface area (Å²) in [5.74, 6) is 4.68. The van der Waals surface area contributed by atoms with Crippen molar-refractivity contribution in [2.75, 3.05) is 0 Å². The molecule has 0 atom stereocenters. The second-order valence-electron chi connectivity index (χ2n) is 4.36. The maximum atomic E-state index is 8.50. The van der Waals surface area contributed by atoms with E-state index < -0.39 is 18.5 Å². The van der Waals surface area contributed by atoms with Crippen molar-refractivity contribution in [3.05, 3.63) is 0 Å². The van der Waals surface area contributed by atoms with Gasteiger partial charge in [-0.25, -0.2) is 0 Å². The van der Waals surface area contributed by atoms with Gasteiger partial charge in [0.25, 0.3) is 0 Å². The van der Waals surface area contributed by atoms with E-state index in [4.69, 9.17) is 6.80 Å². The van der Waals surface area contributed by atoms with E-state index >= 15 is 0 Å². The van der Waals surface area contributed by atoms with Crippen molar-refractivity contribution in [3.63, 3.8) is 0 Å². The van der Waals surface area contributed by atoms with E-state index in [1.807, 2.05) is 0 Å². The van der Waals surface area contributed by atoms with Gasteiger partial charge in [-0.05, 0) is 29.6 Å². The summed E-state index contributed by atoms with van der Waals surface area (Å²) in [6.07, 6.45) is 0. The first-order valence-corrected chi connectivity index (χ1v) is 6.53. The normalized spacial score (nSPS) is 40.5. The van der Waals surface area contributed by atoms with E-state index in [0.717, 1.165) is 29.6 Å². The molecule has 0 aliphatic heterocycles. The summed E-state index contributed by atoms with van der Waals surface area (Å²) < 4.78 is 17.0. The molecule has 1 rings (SSSR count). The van der Waals surface area contributed by atoms with Crippen LogP contribution in [0.4, 0.5) is 0 Å². The molecule has 0 aromatic rings. The quantitative estimate of drug-likeness (QED) is 0.643. The molecular formula is C10H21ClMoO2. The molecule has 1 saturated carbocycles. The van der Waals surface area contributed by atoms with Gasteiger partial charge in [0.1, 0.15) is 0 Å². The number of rotatable bonds is 0. The van der Waals surface area contributed by atoms with E-state index in [-0.39, 0.29) is 12.4 Å². The minimum atomic E-state index is -2.03. The molecule has 0 unspecified atom stereocenters. The van der Waals surface area contributed by atoms with Crippen molar-refractivity contribution < 1.29 is 25.3 Å². The summed E-state index contributed by atoms with van der Waals surface area (Å²) in [6, 6.07) is 0. The molecule has 0 aromatic carbocycles. The average molecular weight is 305 g/mol. The molecule has 1 aliphatic rings. The van der Waals surface area contributed by atoms with Crippen LogP contribution in [0.3, 0.4) is 0 Å². The maximum absolute atomic E-state index is 8.50. The van der Waals surface area contributed by atoms with Crippen molar-refractivity contribution in [2.45, 2.75) is 34.6 Å². The summed E-state index contributed by atoms with van der Waals surface area (Å²) in [4.78, 5) is 0. The fraction of sp³-hybridized carbons (Fsp3) is 1.00. The molecule has 0 bridgehead atoms. The number of hydrogen-bond donors (Lipinski definition) is 0. The van der Waals surface area contributed by atoms with Crippen LogP contribution in [0.15, 0.2) is 0 Å². The van der Waals surface area contributed by atoms with Gasteiger partial charge < -0.3 is 0 Å². The zero-order valence-electron chi connectivity index (χ0n) is 9.52. The molecule has 1 aliphatic carbocycles. The summed E-state index contributed by atoms with van der Waals surface area (Å²) in [7, 11) is 0. The molecule has 4 heteroatoms. The summed E-state index contributed by atoms with van der Waals surface area (Å²) in [5.41, 5.74) is 0. The van der Waals surface area contributed by atoms with Crippen LogP contribution in [0.2, 0.25) is 0 Å². The Labute approximate surface area is 102 Å². The van der Waals surface area contributed by atoms with Crippen LogP contribution in [0.25, 0.3) is 0 Å². The monoisotopic (exact) mass is 306 g/mol. The molecule has 1 fully saturated rings. The Morgan fingerprint density at radius 3 is 0.786 bits per heavy atom. The van der Waals surface area contributed by atoms with E-state index in [1.165, 1.54) is 0 Å². The molecule has 0 amide bonds. The molecule has 0 aromatic heterocycles. The Kier molecular flexibility index (Phi) is 9.48. The molecule has 0 heterocycles. The van der Waals surface area contributed by atoms with Gasteiger partial charge in [0, 0.05) is 0 Å². The Hall–Kier alpha value is 0.578. The Morgan fingerprint density at radius 1 is 0.643 bits per heavy atom. The third-order valence-corrected chi connectivity index (χ3v) is 4.15. The van der Waals surface area contributed by atoms with Crippen LogP contribution >= 0.6 is 12.4 Å². The van der Waals surface area contributed by atoms with Gasteiger partial charge in [-0.3, -0.25) is 0 Å². The summed E-state index contributed by atoms with van der Waals surface area (Å²) >= 11 is -2.03. The second-order valence-corrected chi connectivity index (χ2v) is 4.70. The zero-order chi connectivity index (χ0) is 10.6. The Bertz CT molecular complexity index is 148.